The predicted octanol–water partition coefficient (Wildman–Crippen LogP) is 2.68. The van der Waals surface area contributed by atoms with Crippen LogP contribution in [0.3, 0.4) is 0 Å². The molecule has 0 bridgehead atoms. The summed E-state index contributed by atoms with van der Waals surface area (Å²) in [6.07, 6.45) is 1.57. The maximum atomic E-state index is 12.7. The summed E-state index contributed by atoms with van der Waals surface area (Å²) in [5.74, 6) is 0. The topological polar surface area (TPSA) is 114 Å². The summed E-state index contributed by atoms with van der Waals surface area (Å²) in [4.78, 5) is 10.7. The van der Waals surface area contributed by atoms with Crippen LogP contribution in [0.1, 0.15) is 16.7 Å². The second-order valence-electron chi connectivity index (χ2n) is 6.68. The molecule has 2 aromatic rings. The first kappa shape index (κ1) is 20.9. The summed E-state index contributed by atoms with van der Waals surface area (Å²) in [5, 5.41) is 15.6. The summed E-state index contributed by atoms with van der Waals surface area (Å²) in [5.41, 5.74) is 5.36. The van der Waals surface area contributed by atoms with Crippen molar-refractivity contribution in [2.45, 2.75) is 18.7 Å². The van der Waals surface area contributed by atoms with E-state index in [-0.39, 0.29) is 29.4 Å². The number of ether oxygens (including phenoxy) is 1. The molecular weight excluding hydrogens is 396 g/mol. The molecular formula is C19H22N4O5S. The largest absolute Gasteiger partial charge is 0.379 e. The number of hydrazone groups is 1. The number of aryl methyl sites for hydroxylation is 2. The van der Waals surface area contributed by atoms with Crippen LogP contribution in [0.2, 0.25) is 0 Å². The fourth-order valence-electron chi connectivity index (χ4n) is 2.92. The zero-order valence-corrected chi connectivity index (χ0v) is 17.0. The number of morpholine rings is 1. The molecule has 1 N–H and O–H groups in total. The van der Waals surface area contributed by atoms with Crippen molar-refractivity contribution in [2.75, 3.05) is 31.7 Å². The maximum absolute atomic E-state index is 12.7. The van der Waals surface area contributed by atoms with E-state index in [4.69, 9.17) is 4.74 Å². The Balaban J connectivity index is 1.85. The number of anilines is 1. The standard InChI is InChI=1S/C19H22N4O5S/c1-14-3-4-15(2)16(11-14)13-20-21-18-6-5-17(12-19(18)23(24)25)29(26,27)22-7-9-28-10-8-22/h3-6,11-13,21H,7-10H2,1-2H3. The van der Waals surface area contributed by atoms with Gasteiger partial charge in [0.25, 0.3) is 5.69 Å². The Kier molecular flexibility index (Phi) is 6.26. The van der Waals surface area contributed by atoms with Gasteiger partial charge in [0.05, 0.1) is 29.2 Å². The smallest absolute Gasteiger partial charge is 0.295 e. The number of rotatable bonds is 6. The average molecular weight is 418 g/mol. The molecule has 0 radical (unpaired) electrons. The Hall–Kier alpha value is -2.82. The zero-order valence-electron chi connectivity index (χ0n) is 16.2. The molecule has 1 heterocycles. The molecule has 0 saturated carbocycles. The number of hydrogen-bond donors (Lipinski definition) is 1. The fourth-order valence-corrected chi connectivity index (χ4v) is 4.35. The molecule has 154 valence electrons. The van der Waals surface area contributed by atoms with E-state index < -0.39 is 14.9 Å². The number of hydrogen-bond acceptors (Lipinski definition) is 7. The van der Waals surface area contributed by atoms with E-state index >= 15 is 0 Å². The summed E-state index contributed by atoms with van der Waals surface area (Å²) in [6.45, 7) is 4.94. The Bertz CT molecular complexity index is 1050. The van der Waals surface area contributed by atoms with E-state index in [0.717, 1.165) is 22.8 Å². The van der Waals surface area contributed by atoms with E-state index in [9.17, 15) is 18.5 Å². The summed E-state index contributed by atoms with van der Waals surface area (Å²) in [7, 11) is -3.83. The Labute approximate surface area is 169 Å². The number of nitro groups is 1. The van der Waals surface area contributed by atoms with Crippen molar-refractivity contribution in [1.29, 1.82) is 0 Å². The molecule has 3 rings (SSSR count). The van der Waals surface area contributed by atoms with Gasteiger partial charge in [-0.05, 0) is 37.1 Å². The van der Waals surface area contributed by atoms with Crippen molar-refractivity contribution in [3.8, 4) is 0 Å². The van der Waals surface area contributed by atoms with Crippen molar-refractivity contribution in [3.63, 3.8) is 0 Å². The van der Waals surface area contributed by atoms with Gasteiger partial charge < -0.3 is 4.74 Å². The molecule has 29 heavy (non-hydrogen) atoms. The molecule has 10 heteroatoms. The van der Waals surface area contributed by atoms with E-state index in [1.54, 1.807) is 6.21 Å². The highest BCUT2D eigenvalue weighted by atomic mass is 32.2. The van der Waals surface area contributed by atoms with Gasteiger partial charge in [-0.15, -0.1) is 0 Å². The number of sulfonamides is 1. The minimum atomic E-state index is -3.83. The fraction of sp³-hybridized carbons (Fsp3) is 0.316. The molecule has 1 fully saturated rings. The van der Waals surface area contributed by atoms with Crippen LogP contribution >= 0.6 is 0 Å². The lowest BCUT2D eigenvalue weighted by molar-refractivity contribution is -0.384. The van der Waals surface area contributed by atoms with Gasteiger partial charge in [-0.2, -0.15) is 9.41 Å². The van der Waals surface area contributed by atoms with Gasteiger partial charge in [0, 0.05) is 19.2 Å². The third-order valence-electron chi connectivity index (χ3n) is 4.60. The number of nitro benzene ring substituents is 1. The van der Waals surface area contributed by atoms with Crippen molar-refractivity contribution in [3.05, 3.63) is 63.2 Å². The first-order valence-corrected chi connectivity index (χ1v) is 10.5. The molecule has 1 aliphatic heterocycles. The SMILES string of the molecule is Cc1ccc(C)c(C=NNc2ccc(S(=O)(=O)N3CCOCC3)cc2[N+](=O)[O-])c1. The highest BCUT2D eigenvalue weighted by molar-refractivity contribution is 7.89. The Morgan fingerprint density at radius 3 is 2.59 bits per heavy atom. The molecule has 0 spiro atoms. The van der Waals surface area contributed by atoms with Gasteiger partial charge in [0.15, 0.2) is 0 Å². The molecule has 0 aromatic heterocycles. The van der Waals surface area contributed by atoms with Crippen LogP contribution < -0.4 is 5.43 Å². The average Bonchev–Trinajstić information content (AvgIpc) is 2.71. The van der Waals surface area contributed by atoms with Crippen LogP contribution in [0.25, 0.3) is 0 Å². The predicted molar refractivity (Wildman–Crippen MR) is 110 cm³/mol. The Morgan fingerprint density at radius 2 is 1.90 bits per heavy atom. The van der Waals surface area contributed by atoms with Crippen LogP contribution in [0.4, 0.5) is 11.4 Å². The van der Waals surface area contributed by atoms with Gasteiger partial charge in [-0.3, -0.25) is 15.5 Å². The molecule has 0 aliphatic carbocycles. The maximum Gasteiger partial charge on any atom is 0.295 e. The molecule has 0 unspecified atom stereocenters. The molecule has 0 amide bonds. The zero-order chi connectivity index (χ0) is 21.0. The first-order chi connectivity index (χ1) is 13.8. The van der Waals surface area contributed by atoms with E-state index in [0.29, 0.717) is 13.2 Å². The molecule has 1 saturated heterocycles. The second-order valence-corrected chi connectivity index (χ2v) is 8.62. The van der Waals surface area contributed by atoms with Crippen LogP contribution in [-0.2, 0) is 14.8 Å². The Morgan fingerprint density at radius 1 is 1.17 bits per heavy atom. The van der Waals surface area contributed by atoms with Crippen LogP contribution in [0, 0.1) is 24.0 Å². The van der Waals surface area contributed by atoms with Crippen LogP contribution in [0.5, 0.6) is 0 Å². The lowest BCUT2D eigenvalue weighted by Gasteiger charge is -2.26. The van der Waals surface area contributed by atoms with Gasteiger partial charge >= 0.3 is 0 Å². The molecule has 9 nitrogen and oxygen atoms in total. The first-order valence-electron chi connectivity index (χ1n) is 9.02. The quantitative estimate of drug-likeness (QED) is 0.438. The van der Waals surface area contributed by atoms with Crippen molar-refractivity contribution >= 4 is 27.6 Å². The monoisotopic (exact) mass is 418 g/mol. The number of benzene rings is 2. The second kappa shape index (κ2) is 8.68. The summed E-state index contributed by atoms with van der Waals surface area (Å²) in [6, 6.07) is 9.65. The number of nitrogens with zero attached hydrogens (tertiary/aromatic N) is 3. The normalized spacial score (nSPS) is 15.5. The molecule has 0 atom stereocenters. The number of nitrogens with one attached hydrogen (secondary N) is 1. The van der Waals surface area contributed by atoms with Crippen molar-refractivity contribution < 1.29 is 18.1 Å². The lowest BCUT2D eigenvalue weighted by atomic mass is 10.1. The van der Waals surface area contributed by atoms with Crippen LogP contribution in [0.15, 0.2) is 46.4 Å². The minimum absolute atomic E-state index is 0.109. The summed E-state index contributed by atoms with van der Waals surface area (Å²) < 4.78 is 31.9. The van der Waals surface area contributed by atoms with Crippen LogP contribution in [-0.4, -0.2) is 50.2 Å². The third-order valence-corrected chi connectivity index (χ3v) is 6.49. The minimum Gasteiger partial charge on any atom is -0.379 e. The van der Waals surface area contributed by atoms with Gasteiger partial charge in [-0.25, -0.2) is 8.42 Å². The highest BCUT2D eigenvalue weighted by Crippen LogP contribution is 2.29. The lowest BCUT2D eigenvalue weighted by Crippen LogP contribution is -2.40. The summed E-state index contributed by atoms with van der Waals surface area (Å²) >= 11 is 0. The van der Waals surface area contributed by atoms with Gasteiger partial charge in [-0.1, -0.05) is 23.8 Å². The highest BCUT2D eigenvalue weighted by Gasteiger charge is 2.28. The van der Waals surface area contributed by atoms with E-state index in [1.165, 1.54) is 16.4 Å². The van der Waals surface area contributed by atoms with E-state index in [2.05, 4.69) is 10.5 Å². The van der Waals surface area contributed by atoms with Crippen molar-refractivity contribution in [1.82, 2.24) is 4.31 Å². The van der Waals surface area contributed by atoms with Gasteiger partial charge in [0.2, 0.25) is 10.0 Å². The molecule has 1 aliphatic rings. The molecule has 2 aromatic carbocycles. The van der Waals surface area contributed by atoms with E-state index in [1.807, 2.05) is 32.0 Å². The van der Waals surface area contributed by atoms with Crippen molar-refractivity contribution in [2.24, 2.45) is 5.10 Å². The third kappa shape index (κ3) is 4.78. The van der Waals surface area contributed by atoms with Gasteiger partial charge in [0.1, 0.15) is 5.69 Å².